The van der Waals surface area contributed by atoms with Crippen LogP contribution < -0.4 is 5.32 Å². The van der Waals surface area contributed by atoms with Crippen LogP contribution >= 0.6 is 0 Å². The molecule has 4 heteroatoms. The Balaban J connectivity index is 2.35. The summed E-state index contributed by atoms with van der Waals surface area (Å²) in [5.41, 5.74) is 3.37. The highest BCUT2D eigenvalue weighted by atomic mass is 15.3. The number of nitrogens with one attached hydrogen (secondary N) is 2. The normalized spacial score (nSPS) is 10.7. The molecule has 0 bridgehead atoms. The molecule has 2 aromatic heterocycles. The van der Waals surface area contributed by atoms with E-state index in [0.717, 1.165) is 17.9 Å². The zero-order valence-corrected chi connectivity index (χ0v) is 8.41. The van der Waals surface area contributed by atoms with Crippen molar-refractivity contribution in [2.45, 2.75) is 6.54 Å². The lowest BCUT2D eigenvalue weighted by atomic mass is 10.2. The molecule has 0 radical (unpaired) electrons. The molecule has 14 heavy (non-hydrogen) atoms. The molecule has 2 rings (SSSR count). The van der Waals surface area contributed by atoms with Crippen molar-refractivity contribution < 1.29 is 0 Å². The van der Waals surface area contributed by atoms with Crippen LogP contribution in [0.2, 0.25) is 0 Å². The number of H-pyrrole nitrogens is 1. The number of aryl methyl sites for hydroxylation is 1. The van der Waals surface area contributed by atoms with Crippen LogP contribution in [0.4, 0.5) is 0 Å². The van der Waals surface area contributed by atoms with Crippen molar-refractivity contribution in [2.75, 3.05) is 7.05 Å². The Labute approximate surface area is 82.9 Å². The number of hydrogen-bond acceptors (Lipinski definition) is 2. The topological polar surface area (TPSA) is 45.6 Å². The lowest BCUT2D eigenvalue weighted by Crippen LogP contribution is -2.05. The first-order valence-corrected chi connectivity index (χ1v) is 4.62. The molecule has 0 aliphatic carbocycles. The molecule has 4 nitrogen and oxygen atoms in total. The van der Waals surface area contributed by atoms with E-state index in [1.54, 1.807) is 0 Å². The third kappa shape index (κ3) is 1.56. The van der Waals surface area contributed by atoms with Crippen molar-refractivity contribution >= 4 is 0 Å². The van der Waals surface area contributed by atoms with Crippen LogP contribution in [-0.2, 0) is 13.6 Å². The summed E-state index contributed by atoms with van der Waals surface area (Å²) >= 11 is 0. The van der Waals surface area contributed by atoms with Crippen LogP contribution in [0.5, 0.6) is 0 Å². The second-order valence-electron chi connectivity index (χ2n) is 3.27. The lowest BCUT2D eigenvalue weighted by Gasteiger charge is -1.95. The summed E-state index contributed by atoms with van der Waals surface area (Å²) in [5.74, 6) is 0. The van der Waals surface area contributed by atoms with Gasteiger partial charge in [-0.05, 0) is 19.2 Å². The molecule has 74 valence electrons. The average Bonchev–Trinajstić information content (AvgIpc) is 2.74. The van der Waals surface area contributed by atoms with Gasteiger partial charge in [0.25, 0.3) is 0 Å². The minimum Gasteiger partial charge on any atom is -0.367 e. The van der Waals surface area contributed by atoms with Gasteiger partial charge in [0.2, 0.25) is 0 Å². The van der Waals surface area contributed by atoms with Crippen LogP contribution in [0.15, 0.2) is 24.5 Å². The molecule has 2 aromatic rings. The van der Waals surface area contributed by atoms with Crippen LogP contribution in [0, 0.1) is 0 Å². The molecule has 0 unspecified atom stereocenters. The molecular weight excluding hydrogens is 176 g/mol. The van der Waals surface area contributed by atoms with E-state index in [-0.39, 0.29) is 0 Å². The van der Waals surface area contributed by atoms with E-state index in [4.69, 9.17) is 0 Å². The van der Waals surface area contributed by atoms with Gasteiger partial charge in [-0.2, -0.15) is 5.10 Å². The van der Waals surface area contributed by atoms with Crippen molar-refractivity contribution in [3.63, 3.8) is 0 Å². The maximum absolute atomic E-state index is 4.40. The van der Waals surface area contributed by atoms with Gasteiger partial charge in [-0.25, -0.2) is 0 Å². The Hall–Kier alpha value is -1.55. The maximum atomic E-state index is 4.40. The monoisotopic (exact) mass is 190 g/mol. The van der Waals surface area contributed by atoms with Gasteiger partial charge in [0.15, 0.2) is 0 Å². The molecule has 0 fully saturated rings. The molecule has 2 heterocycles. The van der Waals surface area contributed by atoms with Gasteiger partial charge in [0.1, 0.15) is 0 Å². The van der Waals surface area contributed by atoms with Gasteiger partial charge in [-0.15, -0.1) is 0 Å². The molecule has 0 aromatic carbocycles. The Morgan fingerprint density at radius 2 is 2.43 bits per heavy atom. The fourth-order valence-corrected chi connectivity index (χ4v) is 1.55. The third-order valence-electron chi connectivity index (χ3n) is 2.18. The third-order valence-corrected chi connectivity index (χ3v) is 2.18. The standard InChI is InChI=1S/C10H14N4/c1-11-7-9-5-10(14(2)13-9)8-3-4-12-6-8/h3-6,11-12H,7H2,1-2H3. The van der Waals surface area contributed by atoms with Gasteiger partial charge >= 0.3 is 0 Å². The average molecular weight is 190 g/mol. The SMILES string of the molecule is CNCc1cc(-c2cc[nH]c2)n(C)n1. The van der Waals surface area contributed by atoms with Crippen molar-refractivity contribution in [3.05, 3.63) is 30.2 Å². The van der Waals surface area contributed by atoms with E-state index in [0.29, 0.717) is 0 Å². The maximum Gasteiger partial charge on any atom is 0.0768 e. The second-order valence-corrected chi connectivity index (χ2v) is 3.27. The van der Waals surface area contributed by atoms with E-state index in [2.05, 4.69) is 21.5 Å². The largest absolute Gasteiger partial charge is 0.367 e. The first-order valence-electron chi connectivity index (χ1n) is 4.62. The Kier molecular flexibility index (Phi) is 2.37. The quantitative estimate of drug-likeness (QED) is 0.762. The highest BCUT2D eigenvalue weighted by Crippen LogP contribution is 2.18. The van der Waals surface area contributed by atoms with Crippen molar-refractivity contribution in [1.82, 2.24) is 20.1 Å². The molecule has 0 aliphatic heterocycles. The lowest BCUT2D eigenvalue weighted by molar-refractivity contribution is 0.716. The summed E-state index contributed by atoms with van der Waals surface area (Å²) in [6, 6.07) is 4.14. The second kappa shape index (κ2) is 3.67. The fourth-order valence-electron chi connectivity index (χ4n) is 1.55. The zero-order valence-electron chi connectivity index (χ0n) is 8.41. The highest BCUT2D eigenvalue weighted by molar-refractivity contribution is 5.58. The van der Waals surface area contributed by atoms with E-state index in [9.17, 15) is 0 Å². The molecular formula is C10H14N4. The van der Waals surface area contributed by atoms with Crippen LogP contribution in [0.1, 0.15) is 5.69 Å². The summed E-state index contributed by atoms with van der Waals surface area (Å²) in [6.45, 7) is 0.804. The number of rotatable bonds is 3. The number of nitrogens with zero attached hydrogens (tertiary/aromatic N) is 2. The van der Waals surface area contributed by atoms with Crippen molar-refractivity contribution in [3.8, 4) is 11.3 Å². The molecule has 0 aliphatic rings. The van der Waals surface area contributed by atoms with Crippen LogP contribution in [-0.4, -0.2) is 21.8 Å². The Morgan fingerprint density at radius 1 is 1.57 bits per heavy atom. The van der Waals surface area contributed by atoms with E-state index in [1.165, 1.54) is 5.56 Å². The molecule has 0 spiro atoms. The van der Waals surface area contributed by atoms with E-state index < -0.39 is 0 Å². The van der Waals surface area contributed by atoms with Crippen molar-refractivity contribution in [1.29, 1.82) is 0 Å². The summed E-state index contributed by atoms with van der Waals surface area (Å²) in [5, 5.41) is 7.48. The van der Waals surface area contributed by atoms with Crippen LogP contribution in [0.3, 0.4) is 0 Å². The number of aromatic nitrogens is 3. The van der Waals surface area contributed by atoms with E-state index in [1.807, 2.05) is 37.2 Å². The van der Waals surface area contributed by atoms with Gasteiger partial charge in [0.05, 0.1) is 11.4 Å². The summed E-state index contributed by atoms with van der Waals surface area (Å²) in [4.78, 5) is 3.04. The zero-order chi connectivity index (χ0) is 9.97. The van der Waals surface area contributed by atoms with Gasteiger partial charge in [0, 0.05) is 31.5 Å². The summed E-state index contributed by atoms with van der Waals surface area (Å²) in [6.07, 6.45) is 3.89. The smallest absolute Gasteiger partial charge is 0.0768 e. The summed E-state index contributed by atoms with van der Waals surface area (Å²) < 4.78 is 1.90. The van der Waals surface area contributed by atoms with Gasteiger partial charge in [-0.1, -0.05) is 0 Å². The molecule has 2 N–H and O–H groups in total. The Bertz CT molecular complexity index is 400. The number of aromatic amines is 1. The molecule has 0 amide bonds. The molecule has 0 atom stereocenters. The highest BCUT2D eigenvalue weighted by Gasteiger charge is 2.06. The van der Waals surface area contributed by atoms with E-state index >= 15 is 0 Å². The first kappa shape index (κ1) is 9.02. The van der Waals surface area contributed by atoms with Gasteiger partial charge in [-0.3, -0.25) is 4.68 Å². The van der Waals surface area contributed by atoms with Gasteiger partial charge < -0.3 is 10.3 Å². The summed E-state index contributed by atoms with van der Waals surface area (Å²) in [7, 11) is 3.88. The predicted molar refractivity (Wildman–Crippen MR) is 55.8 cm³/mol. The van der Waals surface area contributed by atoms with Crippen molar-refractivity contribution in [2.24, 2.45) is 7.05 Å². The first-order chi connectivity index (χ1) is 6.81. The molecule has 0 saturated carbocycles. The molecule has 0 saturated heterocycles. The predicted octanol–water partition coefficient (Wildman–Crippen LogP) is 1.13. The fraction of sp³-hybridized carbons (Fsp3) is 0.300. The minimum atomic E-state index is 0.804. The number of hydrogen-bond donors (Lipinski definition) is 2. The van der Waals surface area contributed by atoms with Crippen LogP contribution in [0.25, 0.3) is 11.3 Å². The minimum absolute atomic E-state index is 0.804. The Morgan fingerprint density at radius 3 is 3.07 bits per heavy atom.